The SMILES string of the molecule is COc1ccc(OC(C)C(=O)Oc2ccc(C(=O)Nc3ccc(C)cc3)cc2)cc1. The van der Waals surface area contributed by atoms with Gasteiger partial charge in [0.2, 0.25) is 0 Å². The molecule has 3 rings (SSSR count). The predicted molar refractivity (Wildman–Crippen MR) is 114 cm³/mol. The van der Waals surface area contributed by atoms with Gasteiger partial charge < -0.3 is 19.5 Å². The highest BCUT2D eigenvalue weighted by Crippen LogP contribution is 2.20. The Morgan fingerprint density at radius 2 is 1.37 bits per heavy atom. The lowest BCUT2D eigenvalue weighted by atomic mass is 10.2. The minimum Gasteiger partial charge on any atom is -0.497 e. The molecule has 0 bridgehead atoms. The fourth-order valence-corrected chi connectivity index (χ4v) is 2.62. The summed E-state index contributed by atoms with van der Waals surface area (Å²) in [5, 5.41) is 2.82. The first-order chi connectivity index (χ1) is 14.4. The van der Waals surface area contributed by atoms with Gasteiger partial charge in [-0.15, -0.1) is 0 Å². The minimum atomic E-state index is -0.803. The number of esters is 1. The van der Waals surface area contributed by atoms with Crippen LogP contribution in [0.4, 0.5) is 5.69 Å². The predicted octanol–water partition coefficient (Wildman–Crippen LogP) is 4.63. The zero-order chi connectivity index (χ0) is 21.5. The molecule has 3 aromatic rings. The Bertz CT molecular complexity index is 995. The number of aryl methyl sites for hydroxylation is 1. The number of hydrogen-bond donors (Lipinski definition) is 1. The summed E-state index contributed by atoms with van der Waals surface area (Å²) in [4.78, 5) is 24.6. The van der Waals surface area contributed by atoms with Crippen molar-refractivity contribution in [3.63, 3.8) is 0 Å². The van der Waals surface area contributed by atoms with E-state index >= 15 is 0 Å². The van der Waals surface area contributed by atoms with Crippen molar-refractivity contribution >= 4 is 17.6 Å². The lowest BCUT2D eigenvalue weighted by Crippen LogP contribution is -2.28. The molecular formula is C24H23NO5. The molecule has 30 heavy (non-hydrogen) atoms. The molecule has 1 unspecified atom stereocenters. The minimum absolute atomic E-state index is 0.243. The van der Waals surface area contributed by atoms with E-state index in [0.29, 0.717) is 28.5 Å². The molecule has 6 heteroatoms. The molecule has 0 spiro atoms. The van der Waals surface area contributed by atoms with E-state index in [4.69, 9.17) is 14.2 Å². The molecule has 0 saturated carbocycles. The van der Waals surface area contributed by atoms with Gasteiger partial charge in [0, 0.05) is 11.3 Å². The van der Waals surface area contributed by atoms with Crippen LogP contribution in [0.25, 0.3) is 0 Å². The molecule has 1 N–H and O–H groups in total. The van der Waals surface area contributed by atoms with Crippen molar-refractivity contribution < 1.29 is 23.8 Å². The third-order valence-electron chi connectivity index (χ3n) is 4.35. The second-order valence-electron chi connectivity index (χ2n) is 6.70. The quantitative estimate of drug-likeness (QED) is 0.458. The molecule has 0 aromatic heterocycles. The monoisotopic (exact) mass is 405 g/mol. The average Bonchev–Trinajstić information content (AvgIpc) is 2.76. The van der Waals surface area contributed by atoms with Crippen LogP contribution in [-0.4, -0.2) is 25.1 Å². The van der Waals surface area contributed by atoms with Gasteiger partial charge in [0.25, 0.3) is 5.91 Å². The molecule has 0 fully saturated rings. The van der Waals surface area contributed by atoms with Gasteiger partial charge in [-0.05, 0) is 74.5 Å². The number of rotatable bonds is 7. The van der Waals surface area contributed by atoms with Crippen LogP contribution in [0, 0.1) is 6.92 Å². The summed E-state index contributed by atoms with van der Waals surface area (Å²) in [6.07, 6.45) is -0.803. The van der Waals surface area contributed by atoms with Crippen LogP contribution < -0.4 is 19.5 Å². The highest BCUT2D eigenvalue weighted by Gasteiger charge is 2.18. The smallest absolute Gasteiger partial charge is 0.352 e. The standard InChI is InChI=1S/C24H23NO5/c1-16-4-8-19(9-5-16)25-23(26)18-6-10-22(11-7-18)30-24(27)17(2)29-21-14-12-20(28-3)13-15-21/h4-15,17H,1-3H3,(H,25,26). The van der Waals surface area contributed by atoms with Gasteiger partial charge >= 0.3 is 5.97 Å². The van der Waals surface area contributed by atoms with Gasteiger partial charge in [-0.3, -0.25) is 4.79 Å². The Kier molecular flexibility index (Phi) is 6.70. The molecule has 154 valence electrons. The Morgan fingerprint density at radius 1 is 0.800 bits per heavy atom. The maximum absolute atomic E-state index is 12.3. The zero-order valence-corrected chi connectivity index (χ0v) is 17.0. The summed E-state index contributed by atoms with van der Waals surface area (Å²) in [7, 11) is 1.58. The molecule has 0 aliphatic rings. The lowest BCUT2D eigenvalue weighted by Gasteiger charge is -2.14. The number of ether oxygens (including phenoxy) is 3. The van der Waals surface area contributed by atoms with Gasteiger partial charge in [-0.25, -0.2) is 4.79 Å². The highest BCUT2D eigenvalue weighted by atomic mass is 16.6. The lowest BCUT2D eigenvalue weighted by molar-refractivity contribution is -0.141. The van der Waals surface area contributed by atoms with E-state index in [9.17, 15) is 9.59 Å². The van der Waals surface area contributed by atoms with Crippen molar-refractivity contribution in [2.24, 2.45) is 0 Å². The maximum atomic E-state index is 12.3. The first kappa shape index (κ1) is 20.9. The Labute approximate surface area is 175 Å². The van der Waals surface area contributed by atoms with Crippen LogP contribution in [0.5, 0.6) is 17.2 Å². The average molecular weight is 405 g/mol. The number of benzene rings is 3. The molecule has 3 aromatic carbocycles. The van der Waals surface area contributed by atoms with Gasteiger partial charge in [0.05, 0.1) is 7.11 Å². The van der Waals surface area contributed by atoms with Crippen LogP contribution in [0.2, 0.25) is 0 Å². The molecule has 0 aliphatic heterocycles. The molecule has 1 amide bonds. The van der Waals surface area contributed by atoms with Crippen molar-refractivity contribution in [3.8, 4) is 17.2 Å². The molecule has 0 radical (unpaired) electrons. The van der Waals surface area contributed by atoms with Gasteiger partial charge in [-0.2, -0.15) is 0 Å². The second-order valence-corrected chi connectivity index (χ2v) is 6.70. The fourth-order valence-electron chi connectivity index (χ4n) is 2.62. The Balaban J connectivity index is 1.55. The van der Waals surface area contributed by atoms with Crippen molar-refractivity contribution in [3.05, 3.63) is 83.9 Å². The topological polar surface area (TPSA) is 73.9 Å². The molecule has 0 heterocycles. The van der Waals surface area contributed by atoms with Crippen LogP contribution in [-0.2, 0) is 4.79 Å². The third-order valence-corrected chi connectivity index (χ3v) is 4.35. The first-order valence-corrected chi connectivity index (χ1v) is 9.45. The van der Waals surface area contributed by atoms with E-state index in [1.807, 2.05) is 31.2 Å². The molecule has 0 aliphatic carbocycles. The number of nitrogens with one attached hydrogen (secondary N) is 1. The second kappa shape index (κ2) is 9.60. The third kappa shape index (κ3) is 5.61. The molecule has 1 atom stereocenters. The number of carbonyl (C=O) groups is 2. The Morgan fingerprint density at radius 3 is 1.97 bits per heavy atom. The van der Waals surface area contributed by atoms with E-state index in [-0.39, 0.29) is 5.91 Å². The van der Waals surface area contributed by atoms with Crippen molar-refractivity contribution in [2.75, 3.05) is 12.4 Å². The van der Waals surface area contributed by atoms with E-state index in [2.05, 4.69) is 5.32 Å². The number of amides is 1. The van der Waals surface area contributed by atoms with Crippen LogP contribution in [0.15, 0.2) is 72.8 Å². The molecule has 6 nitrogen and oxygen atoms in total. The zero-order valence-electron chi connectivity index (χ0n) is 17.0. The number of carbonyl (C=O) groups excluding carboxylic acids is 2. The van der Waals surface area contributed by atoms with Crippen molar-refractivity contribution in [1.29, 1.82) is 0 Å². The maximum Gasteiger partial charge on any atom is 0.352 e. The molecular weight excluding hydrogens is 382 g/mol. The van der Waals surface area contributed by atoms with Crippen LogP contribution in [0.3, 0.4) is 0 Å². The number of hydrogen-bond acceptors (Lipinski definition) is 5. The first-order valence-electron chi connectivity index (χ1n) is 9.45. The van der Waals surface area contributed by atoms with Crippen LogP contribution in [0.1, 0.15) is 22.8 Å². The van der Waals surface area contributed by atoms with Gasteiger partial charge in [-0.1, -0.05) is 17.7 Å². The van der Waals surface area contributed by atoms with Crippen molar-refractivity contribution in [1.82, 2.24) is 0 Å². The van der Waals surface area contributed by atoms with E-state index in [0.717, 1.165) is 5.56 Å². The van der Waals surface area contributed by atoms with Crippen LogP contribution >= 0.6 is 0 Å². The summed E-state index contributed by atoms with van der Waals surface area (Å²) in [5.41, 5.74) is 2.29. The van der Waals surface area contributed by atoms with Crippen molar-refractivity contribution in [2.45, 2.75) is 20.0 Å². The summed E-state index contributed by atoms with van der Waals surface area (Å²) in [5.74, 6) is 0.778. The summed E-state index contributed by atoms with van der Waals surface area (Å²) in [6.45, 7) is 3.59. The van der Waals surface area contributed by atoms with E-state index < -0.39 is 12.1 Å². The Hall–Kier alpha value is -3.80. The molecule has 0 saturated heterocycles. The largest absolute Gasteiger partial charge is 0.497 e. The van der Waals surface area contributed by atoms with Gasteiger partial charge in [0.1, 0.15) is 17.2 Å². The van der Waals surface area contributed by atoms with E-state index in [1.165, 1.54) is 0 Å². The fraction of sp³-hybridized carbons (Fsp3) is 0.167. The van der Waals surface area contributed by atoms with E-state index in [1.54, 1.807) is 62.6 Å². The number of anilines is 1. The van der Waals surface area contributed by atoms with Gasteiger partial charge in [0.15, 0.2) is 6.10 Å². The normalized spacial score (nSPS) is 11.3. The summed E-state index contributed by atoms with van der Waals surface area (Å²) < 4.78 is 16.0. The highest BCUT2D eigenvalue weighted by molar-refractivity contribution is 6.04. The number of methoxy groups -OCH3 is 1. The summed E-state index contributed by atoms with van der Waals surface area (Å²) >= 11 is 0. The summed E-state index contributed by atoms with van der Waals surface area (Å²) in [6, 6.07) is 20.8.